The molecule has 0 spiro atoms. The van der Waals surface area contributed by atoms with E-state index >= 15 is 0 Å². The maximum atomic E-state index is 12.7. The number of carbonyl (C=O) groups excluding carboxylic acids is 2. The summed E-state index contributed by atoms with van der Waals surface area (Å²) in [7, 11) is 0. The van der Waals surface area contributed by atoms with E-state index in [1.807, 2.05) is 48.5 Å². The Bertz CT molecular complexity index is 1340. The van der Waals surface area contributed by atoms with Crippen LogP contribution in [0.15, 0.2) is 97.3 Å². The van der Waals surface area contributed by atoms with Gasteiger partial charge in [0.15, 0.2) is 0 Å². The van der Waals surface area contributed by atoms with E-state index in [1.165, 1.54) is 11.1 Å². The third-order valence-electron chi connectivity index (χ3n) is 6.21. The molecule has 5 rings (SSSR count). The molecule has 6 nitrogen and oxygen atoms in total. The van der Waals surface area contributed by atoms with Crippen molar-refractivity contribution in [3.05, 3.63) is 125 Å². The average molecular weight is 463 g/mol. The zero-order valence-corrected chi connectivity index (χ0v) is 19.3. The lowest BCUT2D eigenvalue weighted by Crippen LogP contribution is -2.30. The van der Waals surface area contributed by atoms with Crippen molar-refractivity contribution in [3.8, 4) is 0 Å². The van der Waals surface area contributed by atoms with Crippen LogP contribution >= 0.6 is 0 Å². The summed E-state index contributed by atoms with van der Waals surface area (Å²) in [6.45, 7) is 2.22. The highest BCUT2D eigenvalue weighted by Gasteiger charge is 2.16. The van der Waals surface area contributed by atoms with Gasteiger partial charge in [0.1, 0.15) is 0 Å². The summed E-state index contributed by atoms with van der Waals surface area (Å²) in [5.74, 6) is -0.336. The number of nitrogens with one attached hydrogen (secondary N) is 2. The summed E-state index contributed by atoms with van der Waals surface area (Å²) in [6, 6.07) is 27.1. The summed E-state index contributed by atoms with van der Waals surface area (Å²) >= 11 is 0. The monoisotopic (exact) mass is 462 g/mol. The minimum Gasteiger partial charge on any atom is -0.367 e. The number of hydrogen-bond donors (Lipinski definition) is 2. The van der Waals surface area contributed by atoms with Gasteiger partial charge in [-0.1, -0.05) is 36.4 Å². The Morgan fingerprint density at radius 2 is 1.54 bits per heavy atom. The zero-order valence-electron chi connectivity index (χ0n) is 19.3. The molecule has 0 fully saturated rings. The van der Waals surface area contributed by atoms with Crippen LogP contribution in [-0.4, -0.2) is 23.3 Å². The second-order valence-electron chi connectivity index (χ2n) is 8.56. The molecule has 0 saturated heterocycles. The fourth-order valence-electron chi connectivity index (χ4n) is 4.29. The Balaban J connectivity index is 1.17. The summed E-state index contributed by atoms with van der Waals surface area (Å²) < 4.78 is 0. The molecular weight excluding hydrogens is 436 g/mol. The number of carbonyl (C=O) groups is 2. The number of nitrogens with zero attached hydrogens (tertiary/aromatic N) is 2. The first-order chi connectivity index (χ1) is 17.2. The van der Waals surface area contributed by atoms with Crippen molar-refractivity contribution in [2.45, 2.75) is 19.5 Å². The standard InChI is InChI=1S/C29H26N4O2/c34-28(23-8-10-27(11-9-23)33-17-14-22-5-1-2-6-25(22)20-33)31-19-21-4-3-7-26(18-21)32-29(35)24-12-15-30-16-13-24/h1-13,15-16,18H,14,17,19-20H2,(H,31,34)(H,32,35). The van der Waals surface area contributed by atoms with Crippen molar-refractivity contribution in [2.75, 3.05) is 16.8 Å². The van der Waals surface area contributed by atoms with Crippen molar-refractivity contribution in [2.24, 2.45) is 0 Å². The maximum absolute atomic E-state index is 12.7. The van der Waals surface area contributed by atoms with E-state index in [2.05, 4.69) is 44.8 Å². The van der Waals surface area contributed by atoms with Gasteiger partial charge >= 0.3 is 0 Å². The van der Waals surface area contributed by atoms with Gasteiger partial charge in [-0.3, -0.25) is 14.6 Å². The quantitative estimate of drug-likeness (QED) is 0.431. The molecule has 1 aliphatic rings. The van der Waals surface area contributed by atoms with E-state index < -0.39 is 0 Å². The number of anilines is 2. The van der Waals surface area contributed by atoms with Gasteiger partial charge in [0, 0.05) is 54.5 Å². The third kappa shape index (κ3) is 5.38. The number of rotatable bonds is 6. The lowest BCUT2D eigenvalue weighted by molar-refractivity contribution is 0.0950. The fourth-order valence-corrected chi connectivity index (χ4v) is 4.29. The average Bonchev–Trinajstić information content (AvgIpc) is 2.92. The molecule has 35 heavy (non-hydrogen) atoms. The maximum Gasteiger partial charge on any atom is 0.255 e. The number of benzene rings is 3. The molecule has 2 amide bonds. The van der Waals surface area contributed by atoms with E-state index in [-0.39, 0.29) is 11.8 Å². The van der Waals surface area contributed by atoms with E-state index in [1.54, 1.807) is 24.5 Å². The first-order valence-corrected chi connectivity index (χ1v) is 11.7. The van der Waals surface area contributed by atoms with E-state index in [4.69, 9.17) is 0 Å². The number of fused-ring (bicyclic) bond motifs is 1. The Morgan fingerprint density at radius 3 is 2.34 bits per heavy atom. The van der Waals surface area contributed by atoms with E-state index in [9.17, 15) is 9.59 Å². The first kappa shape index (κ1) is 22.3. The van der Waals surface area contributed by atoms with Gasteiger partial charge in [-0.15, -0.1) is 0 Å². The predicted octanol–water partition coefficient (Wildman–Crippen LogP) is 4.83. The Hall–Kier alpha value is -4.45. The smallest absolute Gasteiger partial charge is 0.255 e. The Kier molecular flexibility index (Phi) is 6.52. The predicted molar refractivity (Wildman–Crippen MR) is 137 cm³/mol. The summed E-state index contributed by atoms with van der Waals surface area (Å²) in [4.78, 5) is 31.4. The molecular formula is C29H26N4O2. The molecule has 174 valence electrons. The summed E-state index contributed by atoms with van der Waals surface area (Å²) in [6.07, 6.45) is 4.19. The third-order valence-corrected chi connectivity index (χ3v) is 6.21. The first-order valence-electron chi connectivity index (χ1n) is 11.7. The van der Waals surface area contributed by atoms with Crippen LogP contribution in [0.3, 0.4) is 0 Å². The number of pyridine rings is 1. The zero-order chi connectivity index (χ0) is 24.0. The summed E-state index contributed by atoms with van der Waals surface area (Å²) in [5.41, 5.74) is 6.62. The van der Waals surface area contributed by atoms with Gasteiger partial charge in [-0.05, 0) is 71.6 Å². The van der Waals surface area contributed by atoms with Crippen LogP contribution < -0.4 is 15.5 Å². The highest BCUT2D eigenvalue weighted by Crippen LogP contribution is 2.24. The van der Waals surface area contributed by atoms with Gasteiger partial charge in [-0.2, -0.15) is 0 Å². The van der Waals surface area contributed by atoms with Crippen LogP contribution in [0.4, 0.5) is 11.4 Å². The second-order valence-corrected chi connectivity index (χ2v) is 8.56. The topological polar surface area (TPSA) is 74.3 Å². The molecule has 1 aliphatic heterocycles. The molecule has 0 radical (unpaired) electrons. The minimum atomic E-state index is -0.203. The van der Waals surface area contributed by atoms with Crippen molar-refractivity contribution in [1.29, 1.82) is 0 Å². The molecule has 4 aromatic rings. The molecule has 0 aliphatic carbocycles. The van der Waals surface area contributed by atoms with Gasteiger partial charge in [-0.25, -0.2) is 0 Å². The normalized spacial score (nSPS) is 12.5. The molecule has 1 aromatic heterocycles. The van der Waals surface area contributed by atoms with Gasteiger partial charge in [0.05, 0.1) is 0 Å². The molecule has 2 heterocycles. The largest absolute Gasteiger partial charge is 0.367 e. The van der Waals surface area contributed by atoms with E-state index in [0.29, 0.717) is 23.4 Å². The highest BCUT2D eigenvalue weighted by molar-refractivity contribution is 6.04. The minimum absolute atomic E-state index is 0.133. The van der Waals surface area contributed by atoms with Crippen LogP contribution in [-0.2, 0) is 19.5 Å². The van der Waals surface area contributed by atoms with Crippen LogP contribution in [0.5, 0.6) is 0 Å². The van der Waals surface area contributed by atoms with Crippen LogP contribution in [0.2, 0.25) is 0 Å². The second kappa shape index (κ2) is 10.2. The number of aromatic nitrogens is 1. The van der Waals surface area contributed by atoms with E-state index in [0.717, 1.165) is 30.8 Å². The van der Waals surface area contributed by atoms with Gasteiger partial charge in [0.25, 0.3) is 11.8 Å². The van der Waals surface area contributed by atoms with Gasteiger partial charge < -0.3 is 15.5 Å². The summed E-state index contributed by atoms with van der Waals surface area (Å²) in [5, 5.41) is 5.84. The van der Waals surface area contributed by atoms with Crippen molar-refractivity contribution < 1.29 is 9.59 Å². The molecule has 0 saturated carbocycles. The molecule has 0 unspecified atom stereocenters. The molecule has 0 bridgehead atoms. The highest BCUT2D eigenvalue weighted by atomic mass is 16.2. The van der Waals surface area contributed by atoms with Crippen LogP contribution in [0.25, 0.3) is 0 Å². The fraction of sp³-hybridized carbons (Fsp3) is 0.138. The lowest BCUT2D eigenvalue weighted by atomic mass is 9.99. The lowest BCUT2D eigenvalue weighted by Gasteiger charge is -2.30. The van der Waals surface area contributed by atoms with Gasteiger partial charge in [0.2, 0.25) is 0 Å². The molecule has 6 heteroatoms. The number of amides is 2. The molecule has 3 aromatic carbocycles. The Morgan fingerprint density at radius 1 is 0.800 bits per heavy atom. The Labute approximate surface area is 204 Å². The van der Waals surface area contributed by atoms with Crippen molar-refractivity contribution >= 4 is 23.2 Å². The SMILES string of the molecule is O=C(NCc1cccc(NC(=O)c2ccncc2)c1)c1ccc(N2CCc3ccccc3C2)cc1. The number of hydrogen-bond acceptors (Lipinski definition) is 4. The van der Waals surface area contributed by atoms with Crippen molar-refractivity contribution in [3.63, 3.8) is 0 Å². The van der Waals surface area contributed by atoms with Crippen molar-refractivity contribution in [1.82, 2.24) is 10.3 Å². The van der Waals surface area contributed by atoms with Crippen LogP contribution in [0.1, 0.15) is 37.4 Å². The molecule has 0 atom stereocenters. The van der Waals surface area contributed by atoms with Crippen LogP contribution in [0, 0.1) is 0 Å². The molecule has 2 N–H and O–H groups in total.